The number of ether oxygens (including phenoxy) is 1. The molecule has 2 aromatic rings. The number of piperidine rings is 1. The molecule has 1 unspecified atom stereocenters. The number of rotatable bonds is 4. The Morgan fingerprint density at radius 1 is 1.19 bits per heavy atom. The number of nitrogen functional groups attached to an aromatic ring is 1. The second kappa shape index (κ2) is 9.41. The minimum Gasteiger partial charge on any atom is -0.379 e. The van der Waals surface area contributed by atoms with Gasteiger partial charge in [0, 0.05) is 31.4 Å². The maximum atomic E-state index is 13.3. The second-order valence-corrected chi connectivity index (χ2v) is 8.09. The molecule has 2 fully saturated rings. The minimum absolute atomic E-state index is 0.0243. The Labute approximate surface area is 184 Å². The number of alkyl halides is 3. The summed E-state index contributed by atoms with van der Waals surface area (Å²) in [4.78, 5) is 25.5. The van der Waals surface area contributed by atoms with Crippen molar-refractivity contribution in [2.75, 3.05) is 45.1 Å². The van der Waals surface area contributed by atoms with Gasteiger partial charge in [-0.1, -0.05) is 12.1 Å². The zero-order valence-electron chi connectivity index (χ0n) is 17.6. The lowest BCUT2D eigenvalue weighted by Crippen LogP contribution is -2.47. The normalized spacial score (nSPS) is 20.3. The molecular formula is C22H26F3N5O2. The highest BCUT2D eigenvalue weighted by atomic mass is 19.4. The number of carbonyl (C=O) groups excluding carboxylic acids is 1. The first-order chi connectivity index (χ1) is 15.3. The standard InChI is InChI=1S/C22H26F3N5O2/c23-22(24,25)16-5-3-4-15(12-16)17-13-27-21(26)28-20(17)18-6-1-2-7-30(18)19(31)14-29-8-10-32-11-9-29/h3-5,12-13,18H,1-2,6-11,14H2,(H2,26,27,28). The van der Waals surface area contributed by atoms with Crippen LogP contribution in [0.1, 0.15) is 36.6 Å². The third-order valence-electron chi connectivity index (χ3n) is 5.94. The van der Waals surface area contributed by atoms with Gasteiger partial charge < -0.3 is 15.4 Å². The molecule has 1 aromatic heterocycles. The van der Waals surface area contributed by atoms with Crippen molar-refractivity contribution < 1.29 is 22.7 Å². The predicted molar refractivity (Wildman–Crippen MR) is 112 cm³/mol. The number of morpholine rings is 1. The number of aromatic nitrogens is 2. The minimum atomic E-state index is -4.46. The summed E-state index contributed by atoms with van der Waals surface area (Å²) in [6, 6.07) is 4.70. The van der Waals surface area contributed by atoms with Crippen molar-refractivity contribution in [1.29, 1.82) is 0 Å². The summed E-state index contributed by atoms with van der Waals surface area (Å²) >= 11 is 0. The fourth-order valence-electron chi connectivity index (χ4n) is 4.30. The highest BCUT2D eigenvalue weighted by Crippen LogP contribution is 2.38. The molecule has 2 aliphatic rings. The lowest BCUT2D eigenvalue weighted by atomic mass is 9.93. The van der Waals surface area contributed by atoms with Crippen molar-refractivity contribution >= 4 is 11.9 Å². The van der Waals surface area contributed by atoms with Gasteiger partial charge in [-0.05, 0) is 37.0 Å². The molecule has 3 heterocycles. The van der Waals surface area contributed by atoms with Crippen LogP contribution in [0.15, 0.2) is 30.5 Å². The molecule has 0 spiro atoms. The van der Waals surface area contributed by atoms with Crippen molar-refractivity contribution in [1.82, 2.24) is 19.8 Å². The molecule has 172 valence electrons. The molecule has 32 heavy (non-hydrogen) atoms. The van der Waals surface area contributed by atoms with E-state index in [1.807, 2.05) is 0 Å². The molecule has 2 saturated heterocycles. The van der Waals surface area contributed by atoms with E-state index in [1.54, 1.807) is 11.0 Å². The predicted octanol–water partition coefficient (Wildman–Crippen LogP) is 3.13. The zero-order chi connectivity index (χ0) is 22.7. The van der Waals surface area contributed by atoms with Crippen molar-refractivity contribution in [3.8, 4) is 11.1 Å². The van der Waals surface area contributed by atoms with E-state index in [0.717, 1.165) is 25.0 Å². The Balaban J connectivity index is 1.67. The van der Waals surface area contributed by atoms with Gasteiger partial charge in [0.1, 0.15) is 0 Å². The molecule has 2 N–H and O–H groups in total. The topological polar surface area (TPSA) is 84.6 Å². The highest BCUT2D eigenvalue weighted by Gasteiger charge is 2.34. The van der Waals surface area contributed by atoms with Gasteiger partial charge in [-0.2, -0.15) is 13.2 Å². The Bertz CT molecular complexity index is 963. The van der Waals surface area contributed by atoms with Gasteiger partial charge in [-0.25, -0.2) is 9.97 Å². The number of halogens is 3. The number of nitrogens with zero attached hydrogens (tertiary/aromatic N) is 4. The van der Waals surface area contributed by atoms with Gasteiger partial charge in [0.05, 0.1) is 37.1 Å². The van der Waals surface area contributed by atoms with Crippen LogP contribution >= 0.6 is 0 Å². The Kier molecular flexibility index (Phi) is 6.61. The van der Waals surface area contributed by atoms with E-state index >= 15 is 0 Å². The number of anilines is 1. The zero-order valence-corrected chi connectivity index (χ0v) is 17.6. The fraction of sp³-hybridized carbons (Fsp3) is 0.500. The van der Waals surface area contributed by atoms with Crippen LogP contribution in [-0.4, -0.2) is 65.1 Å². The molecule has 1 amide bonds. The maximum absolute atomic E-state index is 13.3. The fourth-order valence-corrected chi connectivity index (χ4v) is 4.30. The first-order valence-corrected chi connectivity index (χ1v) is 10.7. The van der Waals surface area contributed by atoms with Crippen molar-refractivity contribution in [3.63, 3.8) is 0 Å². The van der Waals surface area contributed by atoms with Crippen LogP contribution in [0.5, 0.6) is 0 Å². The first-order valence-electron chi connectivity index (χ1n) is 10.7. The molecule has 1 atom stereocenters. The van der Waals surface area contributed by atoms with E-state index in [1.165, 1.54) is 12.3 Å². The molecule has 4 rings (SSSR count). The lowest BCUT2D eigenvalue weighted by molar-refractivity contribution is -0.138. The number of nitrogens with two attached hydrogens (primary N) is 1. The third-order valence-corrected chi connectivity index (χ3v) is 5.94. The highest BCUT2D eigenvalue weighted by molar-refractivity contribution is 5.79. The van der Waals surface area contributed by atoms with E-state index in [9.17, 15) is 18.0 Å². The Morgan fingerprint density at radius 2 is 1.97 bits per heavy atom. The Hall–Kier alpha value is -2.72. The van der Waals surface area contributed by atoms with Crippen LogP contribution in [0.3, 0.4) is 0 Å². The number of hydrogen-bond donors (Lipinski definition) is 1. The van der Waals surface area contributed by atoms with Crippen LogP contribution in [0.25, 0.3) is 11.1 Å². The van der Waals surface area contributed by atoms with Gasteiger partial charge in [-0.15, -0.1) is 0 Å². The van der Waals surface area contributed by atoms with Crippen molar-refractivity contribution in [2.24, 2.45) is 0 Å². The summed E-state index contributed by atoms with van der Waals surface area (Å²) in [6.07, 6.45) is -0.595. The SMILES string of the molecule is Nc1ncc(-c2cccc(C(F)(F)F)c2)c(C2CCCCN2C(=O)CN2CCOCC2)n1. The molecule has 7 nitrogen and oxygen atoms in total. The van der Waals surface area contributed by atoms with E-state index in [4.69, 9.17) is 10.5 Å². The summed E-state index contributed by atoms with van der Waals surface area (Å²) < 4.78 is 45.2. The number of carbonyl (C=O) groups is 1. The summed E-state index contributed by atoms with van der Waals surface area (Å²) in [6.45, 7) is 3.43. The van der Waals surface area contributed by atoms with Crippen molar-refractivity contribution in [3.05, 3.63) is 41.7 Å². The van der Waals surface area contributed by atoms with Crippen LogP contribution in [0.4, 0.5) is 19.1 Å². The summed E-state index contributed by atoms with van der Waals surface area (Å²) in [7, 11) is 0. The third kappa shape index (κ3) is 5.02. The molecule has 0 aliphatic carbocycles. The van der Waals surface area contributed by atoms with Crippen molar-refractivity contribution in [2.45, 2.75) is 31.5 Å². The lowest BCUT2D eigenvalue weighted by Gasteiger charge is -2.38. The van der Waals surface area contributed by atoms with Gasteiger partial charge in [0.15, 0.2) is 0 Å². The van der Waals surface area contributed by atoms with Crippen LogP contribution in [0, 0.1) is 0 Å². The van der Waals surface area contributed by atoms with Gasteiger partial charge >= 0.3 is 6.18 Å². The molecule has 1 aromatic carbocycles. The molecule has 2 aliphatic heterocycles. The first kappa shape index (κ1) is 22.5. The molecule has 0 radical (unpaired) electrons. The smallest absolute Gasteiger partial charge is 0.379 e. The van der Waals surface area contributed by atoms with Crippen LogP contribution < -0.4 is 5.73 Å². The quantitative estimate of drug-likeness (QED) is 0.772. The maximum Gasteiger partial charge on any atom is 0.416 e. The Morgan fingerprint density at radius 3 is 2.72 bits per heavy atom. The monoisotopic (exact) mass is 449 g/mol. The molecule has 10 heteroatoms. The average molecular weight is 449 g/mol. The summed E-state index contributed by atoms with van der Waals surface area (Å²) in [5, 5.41) is 0. The van der Waals surface area contributed by atoms with Gasteiger partial charge in [0.2, 0.25) is 11.9 Å². The van der Waals surface area contributed by atoms with Gasteiger partial charge in [0.25, 0.3) is 0 Å². The van der Waals surface area contributed by atoms with Crippen LogP contribution in [-0.2, 0) is 15.7 Å². The number of benzene rings is 1. The van der Waals surface area contributed by atoms with E-state index in [2.05, 4.69) is 14.9 Å². The number of hydrogen-bond acceptors (Lipinski definition) is 6. The van der Waals surface area contributed by atoms with Crippen LogP contribution in [0.2, 0.25) is 0 Å². The second-order valence-electron chi connectivity index (χ2n) is 8.09. The van der Waals surface area contributed by atoms with E-state index in [0.29, 0.717) is 56.1 Å². The largest absolute Gasteiger partial charge is 0.416 e. The molecular weight excluding hydrogens is 423 g/mol. The van der Waals surface area contributed by atoms with E-state index < -0.39 is 11.7 Å². The molecule has 0 bridgehead atoms. The number of amides is 1. The average Bonchev–Trinajstić information content (AvgIpc) is 2.79. The number of likely N-dealkylation sites (tertiary alicyclic amines) is 1. The van der Waals surface area contributed by atoms with Gasteiger partial charge in [-0.3, -0.25) is 9.69 Å². The summed E-state index contributed by atoms with van der Waals surface area (Å²) in [5.74, 6) is 0.00523. The van der Waals surface area contributed by atoms with E-state index in [-0.39, 0.29) is 24.4 Å². The molecule has 0 saturated carbocycles. The summed E-state index contributed by atoms with van der Waals surface area (Å²) in [5.41, 5.74) is 6.41.